The summed E-state index contributed by atoms with van der Waals surface area (Å²) in [4.78, 5) is 14.9. The first kappa shape index (κ1) is 18.7. The van der Waals surface area contributed by atoms with Crippen LogP contribution in [-0.2, 0) is 4.79 Å². The molecule has 1 heterocycles. The number of amides is 1. The first-order valence-corrected chi connectivity index (χ1v) is 9.51. The molecule has 1 aliphatic carbocycles. The monoisotopic (exact) mass is 362 g/mol. The second-order valence-corrected chi connectivity index (χ2v) is 7.11. The third-order valence-electron chi connectivity index (χ3n) is 5.67. The normalized spacial score (nSPS) is 22.3. The van der Waals surface area contributed by atoms with Gasteiger partial charge in [0.1, 0.15) is 0 Å². The van der Waals surface area contributed by atoms with Crippen molar-refractivity contribution >= 4 is 11.6 Å². The van der Waals surface area contributed by atoms with Gasteiger partial charge in [0.2, 0.25) is 11.7 Å². The maximum Gasteiger partial charge on any atom is 0.242 e. The lowest BCUT2D eigenvalue weighted by molar-refractivity contribution is -0.135. The maximum absolute atomic E-state index is 12.8. The Morgan fingerprint density at radius 2 is 1.69 bits per heavy atom. The van der Waals surface area contributed by atoms with E-state index < -0.39 is 0 Å². The fourth-order valence-corrected chi connectivity index (χ4v) is 4.40. The largest absolute Gasteiger partial charge is 0.493 e. The second-order valence-electron chi connectivity index (χ2n) is 7.11. The predicted octanol–water partition coefficient (Wildman–Crippen LogP) is 3.31. The van der Waals surface area contributed by atoms with Crippen LogP contribution in [0.4, 0.5) is 5.69 Å². The summed E-state index contributed by atoms with van der Waals surface area (Å²) in [5.41, 5.74) is 0.782. The first-order valence-electron chi connectivity index (χ1n) is 9.51. The highest BCUT2D eigenvalue weighted by molar-refractivity contribution is 5.81. The van der Waals surface area contributed by atoms with Gasteiger partial charge in [-0.25, -0.2) is 0 Å². The number of nitrogens with zero attached hydrogens (tertiary/aromatic N) is 1. The van der Waals surface area contributed by atoms with Crippen LogP contribution >= 0.6 is 0 Å². The number of carbonyl (C=O) groups is 1. The molecular weight excluding hydrogens is 332 g/mol. The van der Waals surface area contributed by atoms with E-state index in [1.165, 1.54) is 25.7 Å². The third kappa shape index (κ3) is 3.84. The molecule has 2 unspecified atom stereocenters. The Balaban J connectivity index is 1.67. The van der Waals surface area contributed by atoms with Crippen molar-refractivity contribution in [2.75, 3.05) is 39.7 Å². The molecule has 1 saturated carbocycles. The van der Waals surface area contributed by atoms with E-state index in [2.05, 4.69) is 10.2 Å². The summed E-state index contributed by atoms with van der Waals surface area (Å²) in [6.45, 7) is 1.17. The Kier molecular flexibility index (Phi) is 6.12. The number of likely N-dealkylation sites (tertiary alicyclic amines) is 1. The summed E-state index contributed by atoms with van der Waals surface area (Å²) in [5, 5.41) is 3.23. The molecule has 6 nitrogen and oxygen atoms in total. The van der Waals surface area contributed by atoms with Crippen LogP contribution in [0, 0.1) is 5.92 Å². The minimum Gasteiger partial charge on any atom is -0.493 e. The Hall–Kier alpha value is -2.11. The molecule has 6 heteroatoms. The van der Waals surface area contributed by atoms with E-state index in [0.717, 1.165) is 25.1 Å². The Bertz CT molecular complexity index is 607. The van der Waals surface area contributed by atoms with Crippen molar-refractivity contribution < 1.29 is 19.0 Å². The topological polar surface area (TPSA) is 60.0 Å². The maximum atomic E-state index is 12.8. The van der Waals surface area contributed by atoms with Crippen LogP contribution in [-0.4, -0.2) is 51.3 Å². The van der Waals surface area contributed by atoms with Crippen molar-refractivity contribution in [3.05, 3.63) is 12.1 Å². The average molecular weight is 362 g/mol. The molecule has 26 heavy (non-hydrogen) atoms. The standard InChI is InChI=1S/C20H30N2O4/c1-24-17-11-15(12-18(25-2)20(17)26-3)21-13-19(23)22-10-6-8-14-7-4-5-9-16(14)22/h11-12,14,16,21H,4-10,13H2,1-3H3. The van der Waals surface area contributed by atoms with E-state index in [1.54, 1.807) is 21.3 Å². The summed E-state index contributed by atoms with van der Waals surface area (Å²) < 4.78 is 16.1. The molecule has 0 spiro atoms. The van der Waals surface area contributed by atoms with E-state index >= 15 is 0 Å². The number of piperidine rings is 1. The lowest BCUT2D eigenvalue weighted by Crippen LogP contribution is -2.51. The highest BCUT2D eigenvalue weighted by Crippen LogP contribution is 2.40. The number of hydrogen-bond donors (Lipinski definition) is 1. The van der Waals surface area contributed by atoms with E-state index in [-0.39, 0.29) is 12.5 Å². The Labute approximate surface area is 155 Å². The van der Waals surface area contributed by atoms with Crippen LogP contribution in [0.2, 0.25) is 0 Å². The number of nitrogens with one attached hydrogen (secondary N) is 1. The summed E-state index contributed by atoms with van der Waals surface area (Å²) in [7, 11) is 4.75. The lowest BCUT2D eigenvalue weighted by Gasteiger charge is -2.44. The van der Waals surface area contributed by atoms with Crippen molar-refractivity contribution in [3.8, 4) is 17.2 Å². The molecule has 2 fully saturated rings. The fraction of sp³-hybridized carbons (Fsp3) is 0.650. The fourth-order valence-electron chi connectivity index (χ4n) is 4.40. The average Bonchev–Trinajstić information content (AvgIpc) is 2.70. The van der Waals surface area contributed by atoms with Gasteiger partial charge in [-0.3, -0.25) is 4.79 Å². The molecule has 1 aromatic rings. The second kappa shape index (κ2) is 8.52. The molecule has 3 rings (SSSR count). The van der Waals surface area contributed by atoms with Crippen molar-refractivity contribution in [1.82, 2.24) is 4.90 Å². The molecule has 1 aliphatic heterocycles. The van der Waals surface area contributed by atoms with Gasteiger partial charge in [0.25, 0.3) is 0 Å². The summed E-state index contributed by atoms with van der Waals surface area (Å²) in [5.74, 6) is 2.57. The van der Waals surface area contributed by atoms with Gasteiger partial charge >= 0.3 is 0 Å². The molecule has 1 amide bonds. The van der Waals surface area contributed by atoms with Gasteiger partial charge < -0.3 is 24.4 Å². The summed E-state index contributed by atoms with van der Waals surface area (Å²) >= 11 is 0. The minimum atomic E-state index is 0.176. The Morgan fingerprint density at radius 3 is 2.35 bits per heavy atom. The number of anilines is 1. The van der Waals surface area contributed by atoms with Crippen molar-refractivity contribution in [3.63, 3.8) is 0 Å². The number of benzene rings is 1. The molecular formula is C20H30N2O4. The molecule has 1 aromatic carbocycles. The summed E-state index contributed by atoms with van der Waals surface area (Å²) in [6.07, 6.45) is 7.37. The predicted molar refractivity (Wildman–Crippen MR) is 101 cm³/mol. The number of fused-ring (bicyclic) bond motifs is 1. The van der Waals surface area contributed by atoms with Crippen LogP contribution in [0.15, 0.2) is 12.1 Å². The molecule has 1 N–H and O–H groups in total. The van der Waals surface area contributed by atoms with Crippen molar-refractivity contribution in [1.29, 1.82) is 0 Å². The van der Waals surface area contributed by atoms with E-state index in [0.29, 0.717) is 29.2 Å². The number of hydrogen-bond acceptors (Lipinski definition) is 5. The van der Waals surface area contributed by atoms with E-state index in [4.69, 9.17) is 14.2 Å². The number of carbonyl (C=O) groups excluding carboxylic acids is 1. The molecule has 0 radical (unpaired) electrons. The SMILES string of the molecule is COc1cc(NCC(=O)N2CCCC3CCCCC32)cc(OC)c1OC. The van der Waals surface area contributed by atoms with Gasteiger partial charge in [-0.05, 0) is 31.6 Å². The molecule has 2 aliphatic rings. The summed E-state index contributed by atoms with van der Waals surface area (Å²) in [6, 6.07) is 4.09. The first-order chi connectivity index (χ1) is 12.7. The lowest BCUT2D eigenvalue weighted by atomic mass is 9.78. The number of rotatable bonds is 6. The molecule has 1 saturated heterocycles. The van der Waals surface area contributed by atoms with Gasteiger partial charge in [-0.15, -0.1) is 0 Å². The molecule has 0 aromatic heterocycles. The van der Waals surface area contributed by atoms with Crippen LogP contribution in [0.3, 0.4) is 0 Å². The number of methoxy groups -OCH3 is 3. The van der Waals surface area contributed by atoms with Gasteiger partial charge in [0.05, 0.1) is 27.9 Å². The van der Waals surface area contributed by atoms with Crippen LogP contribution < -0.4 is 19.5 Å². The highest BCUT2D eigenvalue weighted by Gasteiger charge is 2.35. The Morgan fingerprint density at radius 1 is 1.04 bits per heavy atom. The quantitative estimate of drug-likeness (QED) is 0.841. The van der Waals surface area contributed by atoms with E-state index in [9.17, 15) is 4.79 Å². The van der Waals surface area contributed by atoms with Crippen molar-refractivity contribution in [2.45, 2.75) is 44.6 Å². The zero-order valence-corrected chi connectivity index (χ0v) is 16.0. The highest BCUT2D eigenvalue weighted by atomic mass is 16.5. The van der Waals surface area contributed by atoms with Gasteiger partial charge in [-0.1, -0.05) is 12.8 Å². The zero-order chi connectivity index (χ0) is 18.5. The third-order valence-corrected chi connectivity index (χ3v) is 5.67. The van der Waals surface area contributed by atoms with Gasteiger partial charge in [0, 0.05) is 30.4 Å². The van der Waals surface area contributed by atoms with Gasteiger partial charge in [-0.2, -0.15) is 0 Å². The van der Waals surface area contributed by atoms with Crippen molar-refractivity contribution in [2.24, 2.45) is 5.92 Å². The van der Waals surface area contributed by atoms with Gasteiger partial charge in [0.15, 0.2) is 11.5 Å². The molecule has 144 valence electrons. The van der Waals surface area contributed by atoms with Crippen LogP contribution in [0.25, 0.3) is 0 Å². The molecule has 0 bridgehead atoms. The number of ether oxygens (including phenoxy) is 3. The zero-order valence-electron chi connectivity index (χ0n) is 16.0. The molecule has 2 atom stereocenters. The van der Waals surface area contributed by atoms with Crippen LogP contribution in [0.1, 0.15) is 38.5 Å². The van der Waals surface area contributed by atoms with E-state index in [1.807, 2.05) is 12.1 Å². The minimum absolute atomic E-state index is 0.176. The smallest absolute Gasteiger partial charge is 0.242 e. The van der Waals surface area contributed by atoms with Crippen LogP contribution in [0.5, 0.6) is 17.2 Å².